The van der Waals surface area contributed by atoms with Gasteiger partial charge in [-0.15, -0.1) is 0 Å². The Bertz CT molecular complexity index is 4300. The quantitative estimate of drug-likeness (QED) is 0.145. The summed E-state index contributed by atoms with van der Waals surface area (Å²) in [6.45, 7) is 0. The lowest BCUT2D eigenvalue weighted by Crippen LogP contribution is -2.02. The van der Waals surface area contributed by atoms with Crippen molar-refractivity contribution in [2.24, 2.45) is 0 Å². The minimum Gasteiger partial charge on any atom is -0.309 e. The Morgan fingerprint density at radius 3 is 1.09 bits per heavy atom. The first-order chi connectivity index (χ1) is 36.7. The molecule has 3 heterocycles. The fourth-order valence-corrected chi connectivity index (χ4v) is 10.9. The van der Waals surface area contributed by atoms with Crippen LogP contribution in [0.15, 0.2) is 273 Å². The Kier molecular flexibility index (Phi) is 10.4. The summed E-state index contributed by atoms with van der Waals surface area (Å²) in [5, 5.41) is 4.86. The molecule has 0 unspecified atom stereocenters. The topological polar surface area (TPSA) is 48.5 Å². The van der Waals surface area contributed by atoms with Crippen molar-refractivity contribution in [2.45, 2.75) is 0 Å². The minimum atomic E-state index is 0.596. The summed E-state index contributed by atoms with van der Waals surface area (Å²) in [6.07, 6.45) is 0. The molecule has 5 heteroatoms. The summed E-state index contributed by atoms with van der Waals surface area (Å²) in [5.74, 6) is 1.80. The molecule has 0 spiro atoms. The van der Waals surface area contributed by atoms with Crippen LogP contribution in [-0.4, -0.2) is 24.1 Å². The number of rotatable bonds is 9. The molecule has 14 aromatic rings. The van der Waals surface area contributed by atoms with Crippen LogP contribution in [0.4, 0.5) is 0 Å². The molecule has 346 valence electrons. The zero-order valence-corrected chi connectivity index (χ0v) is 40.2. The molecule has 3 aromatic heterocycles. The number of benzene rings is 11. The van der Waals surface area contributed by atoms with Gasteiger partial charge < -0.3 is 9.13 Å². The van der Waals surface area contributed by atoms with Gasteiger partial charge in [0.25, 0.3) is 0 Å². The molecule has 5 nitrogen and oxygen atoms in total. The fraction of sp³-hybridized carbons (Fsp3) is 0. The van der Waals surface area contributed by atoms with Crippen molar-refractivity contribution in [1.29, 1.82) is 0 Å². The molecule has 11 aromatic carbocycles. The van der Waals surface area contributed by atoms with E-state index in [2.05, 4.69) is 264 Å². The summed E-state index contributed by atoms with van der Waals surface area (Å²) >= 11 is 0. The Labute approximate surface area is 428 Å². The van der Waals surface area contributed by atoms with Crippen molar-refractivity contribution in [3.8, 4) is 90.0 Å². The van der Waals surface area contributed by atoms with Crippen LogP contribution in [0.1, 0.15) is 0 Å². The molecule has 0 aliphatic carbocycles. The van der Waals surface area contributed by atoms with Crippen LogP contribution in [0.5, 0.6) is 0 Å². The third-order valence-electron chi connectivity index (χ3n) is 14.4. The van der Waals surface area contributed by atoms with E-state index in [0.717, 1.165) is 83.5 Å². The first-order valence-electron chi connectivity index (χ1n) is 25.1. The maximum atomic E-state index is 5.33. The Balaban J connectivity index is 0.931. The molecule has 0 atom stereocenters. The summed E-state index contributed by atoms with van der Waals surface area (Å²) in [6, 6.07) is 97.2. The highest BCUT2D eigenvalue weighted by molar-refractivity contribution is 6.11. The Morgan fingerprint density at radius 2 is 0.554 bits per heavy atom. The maximum Gasteiger partial charge on any atom is 0.164 e. The van der Waals surface area contributed by atoms with E-state index in [1.165, 1.54) is 32.7 Å². The van der Waals surface area contributed by atoms with Crippen LogP contribution >= 0.6 is 0 Å². The number of aromatic nitrogens is 5. The van der Waals surface area contributed by atoms with Crippen LogP contribution in [-0.2, 0) is 0 Å². The van der Waals surface area contributed by atoms with Crippen molar-refractivity contribution in [2.75, 3.05) is 0 Å². The number of fused-ring (bicyclic) bond motifs is 6. The number of hydrogen-bond donors (Lipinski definition) is 0. The van der Waals surface area contributed by atoms with Gasteiger partial charge in [-0.2, -0.15) is 0 Å². The molecule has 0 aliphatic rings. The second-order valence-electron chi connectivity index (χ2n) is 18.8. The van der Waals surface area contributed by atoms with Crippen LogP contribution < -0.4 is 0 Å². The predicted octanol–water partition coefficient (Wildman–Crippen LogP) is 17.7. The monoisotopic (exact) mass is 943 g/mol. The molecule has 0 saturated carbocycles. The van der Waals surface area contributed by atoms with Crippen LogP contribution in [0.3, 0.4) is 0 Å². The zero-order valence-electron chi connectivity index (χ0n) is 40.2. The van der Waals surface area contributed by atoms with Crippen LogP contribution in [0, 0.1) is 0 Å². The van der Waals surface area contributed by atoms with Crippen molar-refractivity contribution in [3.05, 3.63) is 273 Å². The highest BCUT2D eigenvalue weighted by atomic mass is 15.0. The van der Waals surface area contributed by atoms with Gasteiger partial charge in [-0.1, -0.05) is 224 Å². The first kappa shape index (κ1) is 42.9. The molecule has 0 N–H and O–H groups in total. The Hall–Kier alpha value is -9.97. The lowest BCUT2D eigenvalue weighted by molar-refractivity contribution is 1.07. The number of nitrogens with zero attached hydrogens (tertiary/aromatic N) is 5. The average Bonchev–Trinajstić information content (AvgIpc) is 4.01. The average molecular weight is 944 g/mol. The summed E-state index contributed by atoms with van der Waals surface area (Å²) in [4.78, 5) is 15.8. The van der Waals surface area contributed by atoms with Crippen LogP contribution in [0.2, 0.25) is 0 Å². The van der Waals surface area contributed by atoms with Gasteiger partial charge in [0.05, 0.1) is 33.4 Å². The largest absolute Gasteiger partial charge is 0.309 e. The van der Waals surface area contributed by atoms with Gasteiger partial charge in [-0.05, 0) is 81.9 Å². The molecule has 0 fully saturated rings. The third-order valence-corrected chi connectivity index (χ3v) is 14.4. The van der Waals surface area contributed by atoms with Crippen molar-refractivity contribution in [1.82, 2.24) is 24.1 Å². The molecule has 14 rings (SSSR count). The van der Waals surface area contributed by atoms with E-state index >= 15 is 0 Å². The molecule has 74 heavy (non-hydrogen) atoms. The molecule has 0 radical (unpaired) electrons. The highest BCUT2D eigenvalue weighted by Crippen LogP contribution is 2.41. The van der Waals surface area contributed by atoms with Crippen LogP contribution in [0.25, 0.3) is 134 Å². The zero-order chi connectivity index (χ0) is 49.0. The number of para-hydroxylation sites is 4. The van der Waals surface area contributed by atoms with E-state index < -0.39 is 0 Å². The molecular formula is C69H45N5. The maximum absolute atomic E-state index is 5.33. The molecule has 0 amide bonds. The highest BCUT2D eigenvalue weighted by Gasteiger charge is 2.21. The second kappa shape index (κ2) is 18.0. The van der Waals surface area contributed by atoms with Gasteiger partial charge in [0.15, 0.2) is 17.5 Å². The SMILES string of the molecule is c1ccc(-c2cccc(-c3ccc(-n4c5ccccc5c5ccccc54)c(-c4ccc(-c5nc(-c6ccccc6)nc(-c6ccc(-c7ccccc7)c(-n7c8ccccc8c8ccccc87)c6)n5)cc4)c3)c2)cc1. The van der Waals surface area contributed by atoms with Gasteiger partial charge in [0, 0.05) is 49.4 Å². The lowest BCUT2D eigenvalue weighted by Gasteiger charge is -2.17. The summed E-state index contributed by atoms with van der Waals surface area (Å²) in [7, 11) is 0. The van der Waals surface area contributed by atoms with Gasteiger partial charge >= 0.3 is 0 Å². The molecule has 0 aliphatic heterocycles. The third kappa shape index (κ3) is 7.46. The van der Waals surface area contributed by atoms with E-state index in [1.807, 2.05) is 18.2 Å². The van der Waals surface area contributed by atoms with Crippen molar-refractivity contribution >= 4 is 43.6 Å². The second-order valence-corrected chi connectivity index (χ2v) is 18.8. The van der Waals surface area contributed by atoms with Gasteiger partial charge in [0.2, 0.25) is 0 Å². The first-order valence-corrected chi connectivity index (χ1v) is 25.1. The summed E-state index contributed by atoms with van der Waals surface area (Å²) in [5.41, 5.74) is 18.6. The van der Waals surface area contributed by atoms with E-state index in [4.69, 9.17) is 15.0 Å². The normalized spacial score (nSPS) is 11.5. The molecular weight excluding hydrogens is 899 g/mol. The van der Waals surface area contributed by atoms with E-state index in [-0.39, 0.29) is 0 Å². The van der Waals surface area contributed by atoms with Crippen molar-refractivity contribution in [3.63, 3.8) is 0 Å². The fourth-order valence-electron chi connectivity index (χ4n) is 10.9. The molecule has 0 bridgehead atoms. The van der Waals surface area contributed by atoms with E-state index in [9.17, 15) is 0 Å². The van der Waals surface area contributed by atoms with Gasteiger partial charge in [-0.25, -0.2) is 15.0 Å². The van der Waals surface area contributed by atoms with Gasteiger partial charge in [0.1, 0.15) is 0 Å². The smallest absolute Gasteiger partial charge is 0.164 e. The molecule has 0 saturated heterocycles. The van der Waals surface area contributed by atoms with Gasteiger partial charge in [-0.3, -0.25) is 0 Å². The van der Waals surface area contributed by atoms with E-state index in [1.54, 1.807) is 0 Å². The Morgan fingerprint density at radius 1 is 0.203 bits per heavy atom. The lowest BCUT2D eigenvalue weighted by atomic mass is 9.94. The van der Waals surface area contributed by atoms with Crippen molar-refractivity contribution < 1.29 is 0 Å². The number of hydrogen-bond acceptors (Lipinski definition) is 3. The summed E-state index contributed by atoms with van der Waals surface area (Å²) < 4.78 is 4.80. The minimum absolute atomic E-state index is 0.596. The standard InChI is InChI=1S/C69H45N5/c1-4-19-46(20-5-1)51-25-18-26-52(43-51)53-40-42-65(73-61-31-14-10-27-56(61)57-28-11-15-32-62(57)73)60(44-53)48-35-37-50(38-36-48)68-70-67(49-23-8-3-9-24-49)71-69(72-68)54-39-41-55(47-21-6-2-7-22-47)66(45-54)74-63-33-16-12-29-58(63)59-30-13-17-34-64(59)74/h1-45H. The predicted molar refractivity (Wildman–Crippen MR) is 307 cm³/mol. The van der Waals surface area contributed by atoms with E-state index in [0.29, 0.717) is 17.5 Å².